The van der Waals surface area contributed by atoms with Crippen LogP contribution in [0.25, 0.3) is 0 Å². The van der Waals surface area contributed by atoms with Gasteiger partial charge in [-0.2, -0.15) is 8.42 Å². The van der Waals surface area contributed by atoms with Gasteiger partial charge < -0.3 is 10.1 Å². The second-order valence-corrected chi connectivity index (χ2v) is 6.90. The first-order valence-corrected chi connectivity index (χ1v) is 7.81. The fourth-order valence-electron chi connectivity index (χ4n) is 2.03. The van der Waals surface area contributed by atoms with Crippen molar-refractivity contribution in [1.82, 2.24) is 5.32 Å². The molecule has 0 aliphatic carbocycles. The van der Waals surface area contributed by atoms with Gasteiger partial charge in [0.05, 0.1) is 17.7 Å². The normalized spacial score (nSPS) is 15.5. The molecule has 0 saturated heterocycles. The number of hydrogen-bond acceptors (Lipinski definition) is 5. The van der Waals surface area contributed by atoms with Crippen LogP contribution in [0.1, 0.15) is 40.5 Å². The van der Waals surface area contributed by atoms with Crippen LogP contribution in [0, 0.1) is 0 Å². The van der Waals surface area contributed by atoms with Gasteiger partial charge in [-0.1, -0.05) is 6.92 Å². The zero-order chi connectivity index (χ0) is 16.2. The molecule has 1 unspecified atom stereocenters. The Bertz CT molecular complexity index is 464. The monoisotopic (exact) mass is 309 g/mol. The highest BCUT2D eigenvalue weighted by Gasteiger charge is 2.37. The lowest BCUT2D eigenvalue weighted by Gasteiger charge is -2.31. The number of ether oxygens (including phenoxy) is 1. The molecule has 1 atom stereocenters. The van der Waals surface area contributed by atoms with Crippen LogP contribution in [0.15, 0.2) is 0 Å². The molecule has 0 spiro atoms. The van der Waals surface area contributed by atoms with E-state index in [0.29, 0.717) is 6.42 Å². The minimum Gasteiger partial charge on any atom is -0.370 e. The van der Waals surface area contributed by atoms with Gasteiger partial charge in [0.25, 0.3) is 10.1 Å². The van der Waals surface area contributed by atoms with E-state index in [0.717, 1.165) is 0 Å². The van der Waals surface area contributed by atoms with Gasteiger partial charge in [-0.25, -0.2) is 0 Å². The third kappa shape index (κ3) is 5.98. The quantitative estimate of drug-likeness (QED) is 0.633. The molecule has 0 aromatic carbocycles. The van der Waals surface area contributed by atoms with Crippen molar-refractivity contribution in [2.45, 2.75) is 51.7 Å². The molecule has 0 saturated carbocycles. The Morgan fingerprint density at radius 2 is 1.80 bits per heavy atom. The van der Waals surface area contributed by atoms with Gasteiger partial charge in [0.15, 0.2) is 5.78 Å². The topological polar surface area (TPSA) is 110 Å². The highest BCUT2D eigenvalue weighted by Crippen LogP contribution is 2.21. The van der Waals surface area contributed by atoms with Crippen molar-refractivity contribution in [3.63, 3.8) is 0 Å². The summed E-state index contributed by atoms with van der Waals surface area (Å²) in [6, 6.07) is 0. The first-order valence-electron chi connectivity index (χ1n) is 6.20. The van der Waals surface area contributed by atoms with E-state index >= 15 is 0 Å². The molecule has 20 heavy (non-hydrogen) atoms. The minimum absolute atomic E-state index is 0.204. The zero-order valence-electron chi connectivity index (χ0n) is 12.5. The SMILES string of the molecule is CCC(CC(=O)NC(C)(C)CS(=O)(=O)O)(OC)C(C)=O. The van der Waals surface area contributed by atoms with Crippen LogP contribution in [0.2, 0.25) is 0 Å². The van der Waals surface area contributed by atoms with Crippen molar-refractivity contribution in [1.29, 1.82) is 0 Å². The molecule has 8 heteroatoms. The number of ketones is 1. The van der Waals surface area contributed by atoms with Crippen LogP contribution in [0.5, 0.6) is 0 Å². The largest absolute Gasteiger partial charge is 0.370 e. The first-order chi connectivity index (χ1) is 8.87. The number of amides is 1. The van der Waals surface area contributed by atoms with Crippen LogP contribution in [-0.2, 0) is 24.4 Å². The lowest BCUT2D eigenvalue weighted by Crippen LogP contribution is -2.51. The minimum atomic E-state index is -4.21. The Labute approximate surface area is 119 Å². The summed E-state index contributed by atoms with van der Waals surface area (Å²) < 4.78 is 35.7. The Balaban J connectivity index is 4.90. The maximum Gasteiger partial charge on any atom is 0.267 e. The smallest absolute Gasteiger partial charge is 0.267 e. The van der Waals surface area contributed by atoms with Crippen LogP contribution in [0.4, 0.5) is 0 Å². The van der Waals surface area contributed by atoms with Gasteiger partial charge in [-0.15, -0.1) is 0 Å². The van der Waals surface area contributed by atoms with Crippen LogP contribution < -0.4 is 5.32 Å². The second-order valence-electron chi connectivity index (χ2n) is 5.44. The molecule has 0 aliphatic rings. The van der Waals surface area contributed by atoms with Crippen molar-refractivity contribution in [2.75, 3.05) is 12.9 Å². The Kier molecular flexibility index (Phi) is 6.31. The van der Waals surface area contributed by atoms with E-state index in [9.17, 15) is 18.0 Å². The fraction of sp³-hybridized carbons (Fsp3) is 0.833. The molecule has 0 heterocycles. The van der Waals surface area contributed by atoms with Crippen LogP contribution in [0.3, 0.4) is 0 Å². The maximum atomic E-state index is 12.0. The molecule has 118 valence electrons. The molecular formula is C12H23NO6S. The molecule has 0 aliphatic heterocycles. The summed E-state index contributed by atoms with van der Waals surface area (Å²) in [6.07, 6.45) is 0.120. The number of rotatable bonds is 8. The molecule has 0 bridgehead atoms. The van der Waals surface area contributed by atoms with Crippen LogP contribution in [-0.4, -0.2) is 48.7 Å². The third-order valence-electron chi connectivity index (χ3n) is 3.07. The molecule has 7 nitrogen and oxygen atoms in total. The van der Waals surface area contributed by atoms with Crippen LogP contribution >= 0.6 is 0 Å². The van der Waals surface area contributed by atoms with E-state index in [1.807, 2.05) is 0 Å². The molecule has 0 fully saturated rings. The van der Waals surface area contributed by atoms with Crippen molar-refractivity contribution in [3.05, 3.63) is 0 Å². The van der Waals surface area contributed by atoms with Gasteiger partial charge in [-0.3, -0.25) is 14.1 Å². The number of Topliss-reactive ketones (excluding diaryl/α,β-unsaturated/α-hetero) is 1. The van der Waals surface area contributed by atoms with Gasteiger partial charge in [0.2, 0.25) is 5.91 Å². The van der Waals surface area contributed by atoms with Crippen molar-refractivity contribution >= 4 is 21.8 Å². The molecule has 2 N–H and O–H groups in total. The van der Waals surface area contributed by atoms with E-state index in [4.69, 9.17) is 9.29 Å². The fourth-order valence-corrected chi connectivity index (χ4v) is 3.02. The summed E-state index contributed by atoms with van der Waals surface area (Å²) in [5.41, 5.74) is -2.35. The van der Waals surface area contributed by atoms with Gasteiger partial charge in [-0.05, 0) is 27.2 Å². The lowest BCUT2D eigenvalue weighted by molar-refractivity contribution is -0.146. The molecule has 0 aromatic rings. The lowest BCUT2D eigenvalue weighted by atomic mass is 9.91. The van der Waals surface area contributed by atoms with E-state index in [2.05, 4.69) is 5.32 Å². The van der Waals surface area contributed by atoms with E-state index in [1.165, 1.54) is 27.9 Å². The number of hydrogen-bond donors (Lipinski definition) is 2. The average molecular weight is 309 g/mol. The number of nitrogens with one attached hydrogen (secondary N) is 1. The Morgan fingerprint density at radius 3 is 2.10 bits per heavy atom. The van der Waals surface area contributed by atoms with Crippen molar-refractivity contribution < 1.29 is 27.3 Å². The summed E-state index contributed by atoms with van der Waals surface area (Å²) in [4.78, 5) is 23.6. The predicted octanol–water partition coefficient (Wildman–Crippen LogP) is 0.543. The Hall–Kier alpha value is -0.990. The Morgan fingerprint density at radius 1 is 1.30 bits per heavy atom. The van der Waals surface area contributed by atoms with E-state index in [-0.39, 0.29) is 12.2 Å². The molecule has 0 radical (unpaired) electrons. The first kappa shape index (κ1) is 19.0. The molecule has 0 rings (SSSR count). The zero-order valence-corrected chi connectivity index (χ0v) is 13.3. The van der Waals surface area contributed by atoms with Gasteiger partial charge in [0.1, 0.15) is 5.60 Å². The summed E-state index contributed by atoms with van der Waals surface area (Å²) in [5.74, 6) is -1.40. The van der Waals surface area contributed by atoms with Crippen molar-refractivity contribution in [3.8, 4) is 0 Å². The highest BCUT2D eigenvalue weighted by molar-refractivity contribution is 7.85. The summed E-state index contributed by atoms with van der Waals surface area (Å²) in [6.45, 7) is 5.99. The molecule has 1 amide bonds. The second kappa shape index (κ2) is 6.64. The predicted molar refractivity (Wildman–Crippen MR) is 74.0 cm³/mol. The van der Waals surface area contributed by atoms with E-state index in [1.54, 1.807) is 6.92 Å². The van der Waals surface area contributed by atoms with Gasteiger partial charge >= 0.3 is 0 Å². The molecule has 0 aromatic heterocycles. The summed E-state index contributed by atoms with van der Waals surface area (Å²) >= 11 is 0. The number of carbonyl (C=O) groups is 2. The van der Waals surface area contributed by atoms with E-state index < -0.39 is 32.9 Å². The number of methoxy groups -OCH3 is 1. The number of carbonyl (C=O) groups excluding carboxylic acids is 2. The standard InChI is InChI=1S/C12H23NO6S/c1-6-12(19-5,9(2)14)7-10(15)13-11(3,4)8-20(16,17)18/h6-8H2,1-5H3,(H,13,15)(H,16,17,18). The molecular weight excluding hydrogens is 286 g/mol. The maximum absolute atomic E-state index is 12.0. The third-order valence-corrected chi connectivity index (χ3v) is 4.16. The highest BCUT2D eigenvalue weighted by atomic mass is 32.2. The summed E-state index contributed by atoms with van der Waals surface area (Å²) in [7, 11) is -2.86. The summed E-state index contributed by atoms with van der Waals surface area (Å²) in [5, 5.41) is 2.48. The van der Waals surface area contributed by atoms with Gasteiger partial charge in [0, 0.05) is 7.11 Å². The average Bonchev–Trinajstić information content (AvgIpc) is 2.21. The van der Waals surface area contributed by atoms with Crippen molar-refractivity contribution in [2.24, 2.45) is 0 Å².